The maximum atomic E-state index is 14.2. The van der Waals surface area contributed by atoms with Gasteiger partial charge in [0.2, 0.25) is 11.8 Å². The number of hydrogen-bond acceptors (Lipinski definition) is 5. The van der Waals surface area contributed by atoms with Gasteiger partial charge in [-0.25, -0.2) is 8.42 Å². The van der Waals surface area contributed by atoms with E-state index in [2.05, 4.69) is 21.2 Å². The van der Waals surface area contributed by atoms with Gasteiger partial charge in [0.25, 0.3) is 10.0 Å². The molecule has 0 unspecified atom stereocenters. The van der Waals surface area contributed by atoms with Crippen molar-refractivity contribution in [2.45, 2.75) is 64.1 Å². The summed E-state index contributed by atoms with van der Waals surface area (Å²) in [6, 6.07) is 15.2. The topological polar surface area (TPSA) is 96.0 Å². The summed E-state index contributed by atoms with van der Waals surface area (Å²) >= 11 is 15.7. The van der Waals surface area contributed by atoms with Crippen molar-refractivity contribution in [3.05, 3.63) is 86.3 Å². The third kappa shape index (κ3) is 8.65. The summed E-state index contributed by atoms with van der Waals surface area (Å²) in [6.07, 6.45) is 1.01. The Morgan fingerprint density at radius 2 is 1.65 bits per heavy atom. The van der Waals surface area contributed by atoms with Crippen molar-refractivity contribution in [2.24, 2.45) is 0 Å². The molecular weight excluding hydrogens is 677 g/mol. The first-order valence-electron chi connectivity index (χ1n) is 13.8. The Morgan fingerprint density at radius 1 is 0.977 bits per heavy atom. The molecule has 0 aliphatic rings. The minimum Gasteiger partial charge on any atom is -0.496 e. The molecule has 3 rings (SSSR count). The summed E-state index contributed by atoms with van der Waals surface area (Å²) in [5.74, 6) is -0.425. The average Bonchev–Trinajstić information content (AvgIpc) is 2.97. The molecule has 0 saturated carbocycles. The van der Waals surface area contributed by atoms with Crippen LogP contribution in [-0.2, 0) is 26.2 Å². The summed E-state index contributed by atoms with van der Waals surface area (Å²) in [4.78, 5) is 29.0. The van der Waals surface area contributed by atoms with Gasteiger partial charge in [-0.1, -0.05) is 60.8 Å². The number of carbonyl (C=O) groups excluding carboxylic acids is 2. The van der Waals surface area contributed by atoms with Crippen LogP contribution in [0.3, 0.4) is 0 Å². The lowest BCUT2D eigenvalue weighted by molar-refractivity contribution is -0.140. The third-order valence-corrected chi connectivity index (χ3v) is 10.2. The molecular formula is C31H36BrCl2N3O5S. The molecule has 0 saturated heterocycles. The maximum absolute atomic E-state index is 14.2. The number of rotatable bonds is 13. The lowest BCUT2D eigenvalue weighted by Crippen LogP contribution is -2.53. The SMILES string of the molecule is CC[C@H](C)NC(=O)[C@H](CC)N(Cc1ccc(Cl)c(Cl)c1)C(=O)CN(c1ccc(C)cc1)S(=O)(=O)c1ccc(OC)c(Br)c1. The average molecular weight is 714 g/mol. The summed E-state index contributed by atoms with van der Waals surface area (Å²) in [7, 11) is -2.76. The van der Waals surface area contributed by atoms with Gasteiger partial charge in [-0.15, -0.1) is 0 Å². The number of halogens is 3. The van der Waals surface area contributed by atoms with Crippen LogP contribution >= 0.6 is 39.1 Å². The molecule has 3 aromatic rings. The van der Waals surface area contributed by atoms with E-state index in [9.17, 15) is 18.0 Å². The van der Waals surface area contributed by atoms with Crippen molar-refractivity contribution in [3.8, 4) is 5.75 Å². The number of anilines is 1. The number of carbonyl (C=O) groups is 2. The van der Waals surface area contributed by atoms with Crippen LogP contribution in [0.4, 0.5) is 5.69 Å². The third-order valence-electron chi connectivity index (χ3n) is 7.04. The Balaban J connectivity index is 2.09. The molecule has 8 nitrogen and oxygen atoms in total. The van der Waals surface area contributed by atoms with E-state index in [-0.39, 0.29) is 23.4 Å². The second kappa shape index (κ2) is 15.3. The Kier molecular flexibility index (Phi) is 12.3. The van der Waals surface area contributed by atoms with E-state index in [0.717, 1.165) is 9.87 Å². The second-order valence-electron chi connectivity index (χ2n) is 10.2. The van der Waals surface area contributed by atoms with E-state index in [0.29, 0.717) is 44.4 Å². The Labute approximate surface area is 272 Å². The molecule has 12 heteroatoms. The highest BCUT2D eigenvalue weighted by Crippen LogP contribution is 2.31. The number of hydrogen-bond donors (Lipinski definition) is 1. The molecule has 0 aliphatic heterocycles. The van der Waals surface area contributed by atoms with Crippen LogP contribution in [0, 0.1) is 6.92 Å². The minimum absolute atomic E-state index is 0.0119. The predicted octanol–water partition coefficient (Wildman–Crippen LogP) is 6.99. The van der Waals surface area contributed by atoms with E-state index in [1.807, 2.05) is 20.8 Å². The Morgan fingerprint density at radius 3 is 2.21 bits per heavy atom. The standard InChI is InChI=1S/C31H36BrCl2N3O5S/c1-6-21(4)35-31(39)28(7-2)36(18-22-10-14-26(33)27(34)16-22)30(38)19-37(23-11-8-20(3)9-12-23)43(40,41)24-13-15-29(42-5)25(32)17-24/h8-17,21,28H,6-7,18-19H2,1-5H3,(H,35,39)/t21-,28-/m0/s1. The number of sulfonamides is 1. The number of amides is 2. The molecule has 3 aromatic carbocycles. The first-order chi connectivity index (χ1) is 20.3. The number of aryl methyl sites for hydroxylation is 1. The first-order valence-corrected chi connectivity index (χ1v) is 16.8. The van der Waals surface area contributed by atoms with Crippen molar-refractivity contribution in [3.63, 3.8) is 0 Å². The highest BCUT2D eigenvalue weighted by atomic mass is 79.9. The van der Waals surface area contributed by atoms with Crippen LogP contribution in [0.25, 0.3) is 0 Å². The number of ether oxygens (including phenoxy) is 1. The van der Waals surface area contributed by atoms with Gasteiger partial charge in [0, 0.05) is 12.6 Å². The highest BCUT2D eigenvalue weighted by Gasteiger charge is 2.34. The zero-order valence-corrected chi connectivity index (χ0v) is 28.6. The normalized spacial score (nSPS) is 12.7. The van der Waals surface area contributed by atoms with Gasteiger partial charge in [0.15, 0.2) is 0 Å². The largest absolute Gasteiger partial charge is 0.496 e. The second-order valence-corrected chi connectivity index (χ2v) is 13.7. The van der Waals surface area contributed by atoms with Crippen LogP contribution in [0.5, 0.6) is 5.75 Å². The molecule has 0 fully saturated rings. The fraction of sp³-hybridized carbons (Fsp3) is 0.355. The van der Waals surface area contributed by atoms with Gasteiger partial charge in [0.05, 0.1) is 32.2 Å². The van der Waals surface area contributed by atoms with E-state index < -0.39 is 28.5 Å². The smallest absolute Gasteiger partial charge is 0.264 e. The first kappa shape index (κ1) is 34.7. The van der Waals surface area contributed by atoms with Crippen molar-refractivity contribution < 1.29 is 22.7 Å². The summed E-state index contributed by atoms with van der Waals surface area (Å²) in [5.41, 5.74) is 1.87. The molecule has 2 amide bonds. The minimum atomic E-state index is -4.24. The van der Waals surface area contributed by atoms with Crippen molar-refractivity contribution in [2.75, 3.05) is 18.0 Å². The van der Waals surface area contributed by atoms with Crippen molar-refractivity contribution in [1.82, 2.24) is 10.2 Å². The van der Waals surface area contributed by atoms with Gasteiger partial charge in [0.1, 0.15) is 18.3 Å². The molecule has 2 atom stereocenters. The van der Waals surface area contributed by atoms with Gasteiger partial charge in [-0.05, 0) is 90.6 Å². The summed E-state index contributed by atoms with van der Waals surface area (Å²) in [6.45, 7) is 6.98. The van der Waals surface area contributed by atoms with Crippen LogP contribution < -0.4 is 14.4 Å². The van der Waals surface area contributed by atoms with Crippen molar-refractivity contribution in [1.29, 1.82) is 0 Å². The summed E-state index contributed by atoms with van der Waals surface area (Å²) in [5, 5.41) is 3.61. The van der Waals surface area contributed by atoms with Gasteiger partial charge in [-0.3, -0.25) is 13.9 Å². The molecule has 0 aliphatic carbocycles. The number of methoxy groups -OCH3 is 1. The van der Waals surface area contributed by atoms with E-state index in [4.69, 9.17) is 27.9 Å². The fourth-order valence-electron chi connectivity index (χ4n) is 4.37. The lowest BCUT2D eigenvalue weighted by atomic mass is 10.1. The van der Waals surface area contributed by atoms with Crippen LogP contribution in [0.15, 0.2) is 70.0 Å². The molecule has 1 N–H and O–H groups in total. The zero-order chi connectivity index (χ0) is 31.9. The molecule has 0 radical (unpaired) electrons. The van der Waals surface area contributed by atoms with Crippen LogP contribution in [0.1, 0.15) is 44.7 Å². The van der Waals surface area contributed by atoms with E-state index in [1.165, 1.54) is 30.2 Å². The maximum Gasteiger partial charge on any atom is 0.264 e. The molecule has 232 valence electrons. The fourth-order valence-corrected chi connectivity index (χ4v) is 6.82. The molecule has 0 spiro atoms. The predicted molar refractivity (Wildman–Crippen MR) is 175 cm³/mol. The molecule has 0 aromatic heterocycles. The van der Waals surface area contributed by atoms with Crippen molar-refractivity contribution >= 4 is 66.7 Å². The van der Waals surface area contributed by atoms with Gasteiger partial charge in [-0.2, -0.15) is 0 Å². The molecule has 0 bridgehead atoms. The Hall–Kier alpha value is -2.79. The van der Waals surface area contributed by atoms with Gasteiger partial charge >= 0.3 is 0 Å². The highest BCUT2D eigenvalue weighted by molar-refractivity contribution is 9.10. The number of benzene rings is 3. The van der Waals surface area contributed by atoms with E-state index >= 15 is 0 Å². The Bertz CT molecular complexity index is 1550. The van der Waals surface area contributed by atoms with Crippen LogP contribution in [-0.4, -0.2) is 50.9 Å². The molecule has 0 heterocycles. The quantitative estimate of drug-likeness (QED) is 0.206. The van der Waals surface area contributed by atoms with Gasteiger partial charge < -0.3 is 15.0 Å². The monoisotopic (exact) mass is 711 g/mol. The zero-order valence-electron chi connectivity index (χ0n) is 24.7. The lowest BCUT2D eigenvalue weighted by Gasteiger charge is -2.34. The van der Waals surface area contributed by atoms with Crippen LogP contribution in [0.2, 0.25) is 10.0 Å². The summed E-state index contributed by atoms with van der Waals surface area (Å²) < 4.78 is 35.0. The number of nitrogens with one attached hydrogen (secondary N) is 1. The number of nitrogens with zero attached hydrogens (tertiary/aromatic N) is 2. The molecule has 43 heavy (non-hydrogen) atoms. The van der Waals surface area contributed by atoms with E-state index in [1.54, 1.807) is 49.4 Å².